The van der Waals surface area contributed by atoms with E-state index in [-0.39, 0.29) is 0 Å². The van der Waals surface area contributed by atoms with Crippen LogP contribution in [0.25, 0.3) is 0 Å². The molecule has 1 atom stereocenters. The van der Waals surface area contributed by atoms with Crippen LogP contribution in [-0.2, 0) is 0 Å². The summed E-state index contributed by atoms with van der Waals surface area (Å²) in [6.45, 7) is 0. The Hall–Kier alpha value is -1.74. The van der Waals surface area contributed by atoms with Gasteiger partial charge in [-0.1, -0.05) is 30.7 Å². The normalized spacial score (nSPS) is 17.2. The Bertz CT molecular complexity index is 506. The molecule has 3 heteroatoms. The molecule has 1 N–H and O–H groups in total. The van der Waals surface area contributed by atoms with Gasteiger partial charge < -0.3 is 5.11 Å². The Morgan fingerprint density at radius 1 is 1.06 bits per heavy atom. The molecule has 3 nitrogen and oxygen atoms in total. The summed E-state index contributed by atoms with van der Waals surface area (Å²) in [6, 6.07) is 9.94. The van der Waals surface area contributed by atoms with Gasteiger partial charge in [0.25, 0.3) is 0 Å². The molecule has 0 spiro atoms. The lowest BCUT2D eigenvalue weighted by Crippen LogP contribution is -2.09. The van der Waals surface area contributed by atoms with E-state index in [1.807, 2.05) is 12.1 Å². The molecule has 18 heavy (non-hydrogen) atoms. The molecule has 1 aliphatic carbocycles. The molecule has 0 saturated heterocycles. The summed E-state index contributed by atoms with van der Waals surface area (Å²) in [4.78, 5) is 8.16. The lowest BCUT2D eigenvalue weighted by molar-refractivity contribution is 0.209. The van der Waals surface area contributed by atoms with E-state index in [2.05, 4.69) is 22.1 Å². The zero-order chi connectivity index (χ0) is 12.4. The number of aliphatic hydroxyl groups is 1. The zero-order valence-electron chi connectivity index (χ0n) is 10.2. The van der Waals surface area contributed by atoms with Crippen LogP contribution >= 0.6 is 0 Å². The van der Waals surface area contributed by atoms with Gasteiger partial charge in [0, 0.05) is 12.4 Å². The van der Waals surface area contributed by atoms with Crippen LogP contribution in [0.4, 0.5) is 0 Å². The van der Waals surface area contributed by atoms with Crippen LogP contribution in [0.5, 0.6) is 0 Å². The standard InChI is InChI=1S/C15H16N2O/c18-14(15-16-9-2-10-17-15)13-7-5-12(6-8-13)11-3-1-4-11/h2,5-11,14,18H,1,3-4H2. The summed E-state index contributed by atoms with van der Waals surface area (Å²) in [6.07, 6.45) is 6.49. The number of hydrogen-bond donors (Lipinski definition) is 1. The molecule has 1 saturated carbocycles. The number of benzene rings is 1. The van der Waals surface area contributed by atoms with E-state index in [1.165, 1.54) is 24.8 Å². The van der Waals surface area contributed by atoms with Crippen LogP contribution in [0.1, 0.15) is 48.2 Å². The molecule has 1 fully saturated rings. The highest BCUT2D eigenvalue weighted by Gasteiger charge is 2.20. The van der Waals surface area contributed by atoms with E-state index in [1.54, 1.807) is 18.5 Å². The van der Waals surface area contributed by atoms with Gasteiger partial charge in [-0.05, 0) is 36.0 Å². The van der Waals surface area contributed by atoms with Gasteiger partial charge in [0.05, 0.1) is 0 Å². The fraction of sp³-hybridized carbons (Fsp3) is 0.333. The number of rotatable bonds is 3. The van der Waals surface area contributed by atoms with Gasteiger partial charge in [-0.2, -0.15) is 0 Å². The molecule has 1 aromatic carbocycles. The molecule has 0 aliphatic heterocycles. The highest BCUT2D eigenvalue weighted by Crippen LogP contribution is 2.36. The minimum absolute atomic E-state index is 0.453. The van der Waals surface area contributed by atoms with Gasteiger partial charge >= 0.3 is 0 Å². The van der Waals surface area contributed by atoms with E-state index < -0.39 is 6.10 Å². The Morgan fingerprint density at radius 2 is 1.72 bits per heavy atom. The largest absolute Gasteiger partial charge is 0.380 e. The van der Waals surface area contributed by atoms with Gasteiger partial charge in [-0.3, -0.25) is 0 Å². The van der Waals surface area contributed by atoms with E-state index in [0.717, 1.165) is 11.5 Å². The molecular formula is C15H16N2O. The first-order valence-corrected chi connectivity index (χ1v) is 6.39. The molecule has 0 amide bonds. The monoisotopic (exact) mass is 240 g/mol. The lowest BCUT2D eigenvalue weighted by Gasteiger charge is -2.26. The molecule has 1 aliphatic rings. The summed E-state index contributed by atoms with van der Waals surface area (Å²) in [5.74, 6) is 1.18. The van der Waals surface area contributed by atoms with Crippen molar-refractivity contribution in [3.63, 3.8) is 0 Å². The van der Waals surface area contributed by atoms with E-state index in [4.69, 9.17) is 0 Å². The number of nitrogens with zero attached hydrogens (tertiary/aromatic N) is 2. The third kappa shape index (κ3) is 2.14. The Morgan fingerprint density at radius 3 is 2.28 bits per heavy atom. The number of aliphatic hydroxyl groups excluding tert-OH is 1. The van der Waals surface area contributed by atoms with E-state index in [0.29, 0.717) is 5.82 Å². The highest BCUT2D eigenvalue weighted by atomic mass is 16.3. The number of hydrogen-bond acceptors (Lipinski definition) is 3. The van der Waals surface area contributed by atoms with E-state index >= 15 is 0 Å². The van der Waals surface area contributed by atoms with Crippen molar-refractivity contribution in [2.75, 3.05) is 0 Å². The molecule has 1 heterocycles. The van der Waals surface area contributed by atoms with Gasteiger partial charge in [0.1, 0.15) is 6.10 Å². The fourth-order valence-electron chi connectivity index (χ4n) is 2.29. The van der Waals surface area contributed by atoms with Crippen molar-refractivity contribution in [1.82, 2.24) is 9.97 Å². The lowest BCUT2D eigenvalue weighted by atomic mass is 9.80. The summed E-state index contributed by atoms with van der Waals surface area (Å²) < 4.78 is 0. The van der Waals surface area contributed by atoms with Crippen LogP contribution in [0.3, 0.4) is 0 Å². The SMILES string of the molecule is OC(c1ccc(C2CCC2)cc1)c1ncccn1. The molecule has 0 radical (unpaired) electrons. The minimum atomic E-state index is -0.735. The molecule has 0 bridgehead atoms. The second-order valence-electron chi connectivity index (χ2n) is 4.80. The predicted octanol–water partition coefficient (Wildman–Crippen LogP) is 2.83. The van der Waals surface area contributed by atoms with Crippen LogP contribution in [0.2, 0.25) is 0 Å². The molecule has 2 aromatic rings. The van der Waals surface area contributed by atoms with Crippen molar-refractivity contribution < 1.29 is 5.11 Å². The molecule has 3 rings (SSSR count). The van der Waals surface area contributed by atoms with Crippen molar-refractivity contribution in [2.24, 2.45) is 0 Å². The van der Waals surface area contributed by atoms with Crippen LogP contribution < -0.4 is 0 Å². The van der Waals surface area contributed by atoms with Crippen molar-refractivity contribution in [3.05, 3.63) is 59.7 Å². The fourth-order valence-corrected chi connectivity index (χ4v) is 2.29. The molecule has 1 aromatic heterocycles. The predicted molar refractivity (Wildman–Crippen MR) is 69.1 cm³/mol. The minimum Gasteiger partial charge on any atom is -0.380 e. The first-order chi connectivity index (χ1) is 8.84. The zero-order valence-corrected chi connectivity index (χ0v) is 10.2. The van der Waals surface area contributed by atoms with Crippen LogP contribution in [0.15, 0.2) is 42.7 Å². The van der Waals surface area contributed by atoms with Crippen molar-refractivity contribution >= 4 is 0 Å². The molecule has 92 valence electrons. The summed E-state index contributed by atoms with van der Waals surface area (Å²) in [5.41, 5.74) is 2.23. The van der Waals surface area contributed by atoms with Crippen LogP contribution in [0, 0.1) is 0 Å². The van der Waals surface area contributed by atoms with Gasteiger partial charge in [0.15, 0.2) is 5.82 Å². The smallest absolute Gasteiger partial charge is 0.161 e. The summed E-state index contributed by atoms with van der Waals surface area (Å²) in [5, 5.41) is 10.2. The Kier molecular flexibility index (Phi) is 3.07. The second-order valence-corrected chi connectivity index (χ2v) is 4.80. The number of aromatic nitrogens is 2. The first kappa shape index (κ1) is 11.4. The van der Waals surface area contributed by atoms with E-state index in [9.17, 15) is 5.11 Å². The topological polar surface area (TPSA) is 46.0 Å². The third-order valence-electron chi connectivity index (χ3n) is 3.66. The Balaban J connectivity index is 1.80. The summed E-state index contributed by atoms with van der Waals surface area (Å²) in [7, 11) is 0. The molecule has 1 unspecified atom stereocenters. The van der Waals surface area contributed by atoms with Gasteiger partial charge in [-0.25, -0.2) is 9.97 Å². The van der Waals surface area contributed by atoms with Crippen molar-refractivity contribution in [3.8, 4) is 0 Å². The quantitative estimate of drug-likeness (QED) is 0.897. The highest BCUT2D eigenvalue weighted by molar-refractivity contribution is 5.29. The maximum atomic E-state index is 10.2. The average molecular weight is 240 g/mol. The maximum Gasteiger partial charge on any atom is 0.161 e. The second kappa shape index (κ2) is 4.86. The molecular weight excluding hydrogens is 224 g/mol. The summed E-state index contributed by atoms with van der Waals surface area (Å²) >= 11 is 0. The Labute approximate surface area is 107 Å². The van der Waals surface area contributed by atoms with Crippen LogP contribution in [-0.4, -0.2) is 15.1 Å². The first-order valence-electron chi connectivity index (χ1n) is 6.39. The maximum absolute atomic E-state index is 10.2. The van der Waals surface area contributed by atoms with Gasteiger partial charge in [0.2, 0.25) is 0 Å². The van der Waals surface area contributed by atoms with Gasteiger partial charge in [-0.15, -0.1) is 0 Å². The average Bonchev–Trinajstić information content (AvgIpc) is 2.38. The third-order valence-corrected chi connectivity index (χ3v) is 3.66. The van der Waals surface area contributed by atoms with Crippen molar-refractivity contribution in [2.45, 2.75) is 31.3 Å². The van der Waals surface area contributed by atoms with Crippen molar-refractivity contribution in [1.29, 1.82) is 0 Å².